The summed E-state index contributed by atoms with van der Waals surface area (Å²) >= 11 is 0. The molecule has 0 amide bonds. The standard InChI is InChI=1S/C10H22N2O/c1-9(13)7-12(2)8-10-4-3-5-11-6-10/h9-11,13H,3-8H2,1-2H3/t9-,10?/m1/s1. The van der Waals surface area contributed by atoms with Crippen LogP contribution in [0, 0.1) is 5.92 Å². The number of hydrogen-bond donors (Lipinski definition) is 2. The van der Waals surface area contributed by atoms with Crippen molar-refractivity contribution in [2.75, 3.05) is 33.2 Å². The third-order valence-corrected chi connectivity index (χ3v) is 2.54. The van der Waals surface area contributed by atoms with E-state index < -0.39 is 0 Å². The molecule has 1 aliphatic heterocycles. The summed E-state index contributed by atoms with van der Waals surface area (Å²) in [5.41, 5.74) is 0. The lowest BCUT2D eigenvalue weighted by atomic mass is 9.99. The molecule has 0 spiro atoms. The number of aliphatic hydroxyl groups is 1. The van der Waals surface area contributed by atoms with Crippen molar-refractivity contribution in [1.82, 2.24) is 10.2 Å². The van der Waals surface area contributed by atoms with Crippen molar-refractivity contribution in [3.8, 4) is 0 Å². The Morgan fingerprint density at radius 1 is 1.62 bits per heavy atom. The summed E-state index contributed by atoms with van der Waals surface area (Å²) in [5, 5.41) is 12.6. The molecule has 1 fully saturated rings. The highest BCUT2D eigenvalue weighted by Crippen LogP contribution is 2.10. The molecule has 0 bridgehead atoms. The Morgan fingerprint density at radius 2 is 2.38 bits per heavy atom. The second-order valence-electron chi connectivity index (χ2n) is 4.28. The zero-order chi connectivity index (χ0) is 9.68. The third-order valence-electron chi connectivity index (χ3n) is 2.54. The van der Waals surface area contributed by atoms with Crippen LogP contribution in [0.2, 0.25) is 0 Å². The quantitative estimate of drug-likeness (QED) is 0.663. The van der Waals surface area contributed by atoms with Gasteiger partial charge >= 0.3 is 0 Å². The van der Waals surface area contributed by atoms with Crippen LogP contribution in [0.25, 0.3) is 0 Å². The predicted octanol–water partition coefficient (Wildman–Crippen LogP) is 0.299. The highest BCUT2D eigenvalue weighted by atomic mass is 16.3. The molecule has 78 valence electrons. The normalized spacial score (nSPS) is 26.3. The predicted molar refractivity (Wildman–Crippen MR) is 54.8 cm³/mol. The first-order valence-corrected chi connectivity index (χ1v) is 5.26. The molecule has 0 aromatic heterocycles. The van der Waals surface area contributed by atoms with E-state index in [4.69, 9.17) is 0 Å². The monoisotopic (exact) mass is 186 g/mol. The van der Waals surface area contributed by atoms with Gasteiger partial charge in [-0.15, -0.1) is 0 Å². The van der Waals surface area contributed by atoms with Gasteiger partial charge < -0.3 is 15.3 Å². The van der Waals surface area contributed by atoms with Crippen molar-refractivity contribution in [2.24, 2.45) is 5.92 Å². The van der Waals surface area contributed by atoms with Crippen LogP contribution in [0.3, 0.4) is 0 Å². The molecule has 2 N–H and O–H groups in total. The second-order valence-corrected chi connectivity index (χ2v) is 4.28. The van der Waals surface area contributed by atoms with E-state index in [1.54, 1.807) is 0 Å². The molecule has 0 aromatic carbocycles. The van der Waals surface area contributed by atoms with Crippen LogP contribution in [0.15, 0.2) is 0 Å². The summed E-state index contributed by atoms with van der Waals surface area (Å²) in [5.74, 6) is 0.775. The van der Waals surface area contributed by atoms with E-state index in [1.807, 2.05) is 6.92 Å². The Labute approximate surface area is 81.1 Å². The van der Waals surface area contributed by atoms with Gasteiger partial charge in [0.1, 0.15) is 0 Å². The fourth-order valence-electron chi connectivity index (χ4n) is 2.05. The fourth-order valence-corrected chi connectivity index (χ4v) is 2.05. The summed E-state index contributed by atoms with van der Waals surface area (Å²) in [6.07, 6.45) is 2.42. The lowest BCUT2D eigenvalue weighted by Crippen LogP contribution is -2.38. The van der Waals surface area contributed by atoms with E-state index in [-0.39, 0.29) is 6.10 Å². The zero-order valence-corrected chi connectivity index (χ0v) is 8.79. The topological polar surface area (TPSA) is 35.5 Å². The van der Waals surface area contributed by atoms with Crippen LogP contribution < -0.4 is 5.32 Å². The van der Waals surface area contributed by atoms with Gasteiger partial charge in [0.25, 0.3) is 0 Å². The van der Waals surface area contributed by atoms with Crippen molar-refractivity contribution >= 4 is 0 Å². The minimum atomic E-state index is -0.207. The maximum atomic E-state index is 9.19. The number of piperidine rings is 1. The van der Waals surface area contributed by atoms with Crippen LogP contribution in [-0.2, 0) is 0 Å². The second kappa shape index (κ2) is 5.58. The molecule has 1 rings (SSSR count). The fraction of sp³-hybridized carbons (Fsp3) is 1.00. The largest absolute Gasteiger partial charge is 0.392 e. The molecular formula is C10H22N2O. The molecule has 1 unspecified atom stereocenters. The molecule has 13 heavy (non-hydrogen) atoms. The molecule has 0 aromatic rings. The van der Waals surface area contributed by atoms with Gasteiger partial charge in [0.2, 0.25) is 0 Å². The molecule has 1 aliphatic rings. The average molecular weight is 186 g/mol. The van der Waals surface area contributed by atoms with Gasteiger partial charge in [-0.2, -0.15) is 0 Å². The van der Waals surface area contributed by atoms with Crippen LogP contribution >= 0.6 is 0 Å². The first kappa shape index (κ1) is 11.0. The maximum absolute atomic E-state index is 9.19. The summed E-state index contributed by atoms with van der Waals surface area (Å²) in [7, 11) is 2.08. The molecule has 3 heteroatoms. The van der Waals surface area contributed by atoms with E-state index >= 15 is 0 Å². The lowest BCUT2D eigenvalue weighted by Gasteiger charge is -2.28. The molecule has 0 saturated carbocycles. The Balaban J connectivity index is 2.14. The molecular weight excluding hydrogens is 164 g/mol. The zero-order valence-electron chi connectivity index (χ0n) is 8.79. The van der Waals surface area contributed by atoms with E-state index in [1.165, 1.54) is 19.4 Å². The van der Waals surface area contributed by atoms with Gasteiger partial charge in [0.15, 0.2) is 0 Å². The first-order valence-electron chi connectivity index (χ1n) is 5.26. The Hall–Kier alpha value is -0.120. The Morgan fingerprint density at radius 3 is 2.92 bits per heavy atom. The van der Waals surface area contributed by atoms with Crippen LogP contribution in [-0.4, -0.2) is 49.3 Å². The van der Waals surface area contributed by atoms with Crippen molar-refractivity contribution < 1.29 is 5.11 Å². The van der Waals surface area contributed by atoms with Crippen molar-refractivity contribution in [2.45, 2.75) is 25.9 Å². The van der Waals surface area contributed by atoms with E-state index in [0.717, 1.165) is 25.6 Å². The van der Waals surface area contributed by atoms with Gasteiger partial charge in [-0.3, -0.25) is 0 Å². The minimum absolute atomic E-state index is 0.207. The number of nitrogens with one attached hydrogen (secondary N) is 1. The minimum Gasteiger partial charge on any atom is -0.392 e. The highest BCUT2D eigenvalue weighted by molar-refractivity contribution is 4.72. The van der Waals surface area contributed by atoms with Crippen LogP contribution in [0.1, 0.15) is 19.8 Å². The molecule has 0 radical (unpaired) electrons. The number of aliphatic hydroxyl groups excluding tert-OH is 1. The lowest BCUT2D eigenvalue weighted by molar-refractivity contribution is 0.128. The summed E-state index contributed by atoms with van der Waals surface area (Å²) < 4.78 is 0. The molecule has 3 nitrogen and oxygen atoms in total. The number of nitrogens with zero attached hydrogens (tertiary/aromatic N) is 1. The summed E-state index contributed by atoms with van der Waals surface area (Å²) in [6, 6.07) is 0. The molecule has 2 atom stereocenters. The molecule has 1 heterocycles. The molecule has 0 aliphatic carbocycles. The maximum Gasteiger partial charge on any atom is 0.0638 e. The summed E-state index contributed by atoms with van der Waals surface area (Å²) in [4.78, 5) is 2.22. The van der Waals surface area contributed by atoms with E-state index in [9.17, 15) is 5.11 Å². The smallest absolute Gasteiger partial charge is 0.0638 e. The van der Waals surface area contributed by atoms with E-state index in [0.29, 0.717) is 0 Å². The van der Waals surface area contributed by atoms with Crippen molar-refractivity contribution in [3.63, 3.8) is 0 Å². The van der Waals surface area contributed by atoms with Gasteiger partial charge in [-0.25, -0.2) is 0 Å². The van der Waals surface area contributed by atoms with Gasteiger partial charge in [0.05, 0.1) is 6.10 Å². The average Bonchev–Trinajstić information content (AvgIpc) is 2.04. The van der Waals surface area contributed by atoms with Gasteiger partial charge in [0, 0.05) is 13.1 Å². The molecule has 1 saturated heterocycles. The van der Waals surface area contributed by atoms with E-state index in [2.05, 4.69) is 17.3 Å². The van der Waals surface area contributed by atoms with Crippen molar-refractivity contribution in [1.29, 1.82) is 0 Å². The van der Waals surface area contributed by atoms with Crippen LogP contribution in [0.5, 0.6) is 0 Å². The third kappa shape index (κ3) is 4.60. The van der Waals surface area contributed by atoms with Crippen LogP contribution in [0.4, 0.5) is 0 Å². The Bertz CT molecular complexity index is 133. The number of rotatable bonds is 4. The van der Waals surface area contributed by atoms with Gasteiger partial charge in [-0.1, -0.05) is 0 Å². The number of likely N-dealkylation sites (N-methyl/N-ethyl adjacent to an activating group) is 1. The van der Waals surface area contributed by atoms with Gasteiger partial charge in [-0.05, 0) is 45.8 Å². The first-order chi connectivity index (χ1) is 6.18. The number of hydrogen-bond acceptors (Lipinski definition) is 3. The Kier molecular flexibility index (Phi) is 4.70. The highest BCUT2D eigenvalue weighted by Gasteiger charge is 2.15. The van der Waals surface area contributed by atoms with Crippen molar-refractivity contribution in [3.05, 3.63) is 0 Å². The SMILES string of the molecule is C[C@@H](O)CN(C)CC1CCCNC1. The summed E-state index contributed by atoms with van der Waals surface area (Å²) in [6.45, 7) is 6.06.